The highest BCUT2D eigenvalue weighted by molar-refractivity contribution is 6.32. The molecule has 6 heteroatoms. The first-order chi connectivity index (χ1) is 16.4. The molecule has 1 aliphatic heterocycles. The number of carbonyl (C=O) groups is 1. The summed E-state index contributed by atoms with van der Waals surface area (Å²) in [6.45, 7) is 3.28. The first kappa shape index (κ1) is 23.8. The molecule has 3 aromatic rings. The minimum Gasteiger partial charge on any atom is -0.338 e. The normalized spacial score (nSPS) is 16.0. The van der Waals surface area contributed by atoms with E-state index in [2.05, 4.69) is 18.2 Å². The van der Waals surface area contributed by atoms with Gasteiger partial charge in [-0.25, -0.2) is 0 Å². The third kappa shape index (κ3) is 5.10. The number of halogens is 2. The second-order valence-electron chi connectivity index (χ2n) is 8.75. The van der Waals surface area contributed by atoms with Crippen LogP contribution in [-0.4, -0.2) is 23.9 Å². The quantitative estimate of drug-likeness (QED) is 0.410. The number of nitriles is 2. The maximum Gasteiger partial charge on any atom is 0.253 e. The van der Waals surface area contributed by atoms with E-state index in [0.717, 1.165) is 28.1 Å². The van der Waals surface area contributed by atoms with E-state index in [1.54, 1.807) is 30.3 Å². The lowest BCUT2D eigenvalue weighted by atomic mass is 9.80. The van der Waals surface area contributed by atoms with Gasteiger partial charge in [0.2, 0.25) is 0 Å². The van der Waals surface area contributed by atoms with Crippen molar-refractivity contribution < 1.29 is 4.79 Å². The summed E-state index contributed by atoms with van der Waals surface area (Å²) in [5.41, 5.74) is 4.67. The number of hydrogen-bond acceptors (Lipinski definition) is 3. The maximum atomic E-state index is 13.2. The molecule has 0 aromatic heterocycles. The first-order valence-electron chi connectivity index (χ1n) is 11.1. The van der Waals surface area contributed by atoms with Crippen LogP contribution in [0.15, 0.2) is 60.7 Å². The second kappa shape index (κ2) is 10.3. The van der Waals surface area contributed by atoms with Gasteiger partial charge in [-0.3, -0.25) is 4.79 Å². The van der Waals surface area contributed by atoms with E-state index in [-0.39, 0.29) is 17.7 Å². The van der Waals surface area contributed by atoms with Gasteiger partial charge in [0.05, 0.1) is 22.2 Å². The third-order valence-corrected chi connectivity index (χ3v) is 7.18. The molecule has 1 heterocycles. The number of carbonyl (C=O) groups excluding carboxylic acids is 1. The van der Waals surface area contributed by atoms with Crippen molar-refractivity contribution in [2.75, 3.05) is 13.1 Å². The highest BCUT2D eigenvalue weighted by Crippen LogP contribution is 2.38. The summed E-state index contributed by atoms with van der Waals surface area (Å²) in [6, 6.07) is 22.6. The van der Waals surface area contributed by atoms with Crippen LogP contribution in [-0.2, 0) is 6.42 Å². The predicted molar refractivity (Wildman–Crippen MR) is 134 cm³/mol. The zero-order valence-electron chi connectivity index (χ0n) is 18.8. The molecule has 1 aliphatic rings. The molecule has 3 aromatic carbocycles. The van der Waals surface area contributed by atoms with Gasteiger partial charge in [-0.2, -0.15) is 10.5 Å². The summed E-state index contributed by atoms with van der Waals surface area (Å²) >= 11 is 12.9. The Kier molecular flexibility index (Phi) is 7.23. The number of aryl methyl sites for hydroxylation is 1. The van der Waals surface area contributed by atoms with E-state index in [9.17, 15) is 15.3 Å². The molecule has 1 amide bonds. The van der Waals surface area contributed by atoms with Gasteiger partial charge in [-0.05, 0) is 79.1 Å². The molecule has 1 unspecified atom stereocenters. The van der Waals surface area contributed by atoms with Crippen LogP contribution in [0.2, 0.25) is 10.0 Å². The number of rotatable bonds is 5. The van der Waals surface area contributed by atoms with Crippen LogP contribution >= 0.6 is 23.2 Å². The van der Waals surface area contributed by atoms with Gasteiger partial charge in [0, 0.05) is 23.7 Å². The van der Waals surface area contributed by atoms with Crippen molar-refractivity contribution >= 4 is 29.1 Å². The Morgan fingerprint density at radius 3 is 2.62 bits per heavy atom. The molecular formula is C28H23Cl2N3O. The van der Waals surface area contributed by atoms with Crippen LogP contribution in [0.5, 0.6) is 0 Å². The topological polar surface area (TPSA) is 67.9 Å². The molecule has 0 spiro atoms. The maximum absolute atomic E-state index is 13.2. The molecule has 0 saturated carbocycles. The summed E-state index contributed by atoms with van der Waals surface area (Å²) in [5.74, 6) is 0.210. The zero-order valence-corrected chi connectivity index (χ0v) is 20.3. The molecule has 1 saturated heterocycles. The fraction of sp³-hybridized carbons (Fsp3) is 0.250. The number of likely N-dealkylation sites (tertiary alicyclic amines) is 1. The Morgan fingerprint density at radius 1 is 1.06 bits per heavy atom. The van der Waals surface area contributed by atoms with Crippen molar-refractivity contribution in [2.45, 2.75) is 25.7 Å². The van der Waals surface area contributed by atoms with Crippen LogP contribution in [0, 0.1) is 35.5 Å². The van der Waals surface area contributed by atoms with Crippen molar-refractivity contribution in [3.05, 3.63) is 104 Å². The van der Waals surface area contributed by atoms with E-state index in [4.69, 9.17) is 23.2 Å². The Balaban J connectivity index is 1.63. The monoisotopic (exact) mass is 487 g/mol. The van der Waals surface area contributed by atoms with Gasteiger partial charge >= 0.3 is 0 Å². The van der Waals surface area contributed by atoms with Crippen molar-refractivity contribution in [1.29, 1.82) is 10.5 Å². The van der Waals surface area contributed by atoms with Gasteiger partial charge in [0.15, 0.2) is 0 Å². The Bertz CT molecular complexity index is 1320. The minimum absolute atomic E-state index is 0.0650. The lowest BCUT2D eigenvalue weighted by molar-refractivity contribution is 0.0785. The molecule has 0 N–H and O–H groups in total. The highest BCUT2D eigenvalue weighted by atomic mass is 35.5. The largest absolute Gasteiger partial charge is 0.338 e. The number of amides is 1. The smallest absolute Gasteiger partial charge is 0.253 e. The minimum atomic E-state index is -0.0650. The van der Waals surface area contributed by atoms with Gasteiger partial charge < -0.3 is 4.90 Å². The van der Waals surface area contributed by atoms with Crippen molar-refractivity contribution in [3.8, 4) is 12.1 Å². The third-order valence-electron chi connectivity index (χ3n) is 6.50. The van der Waals surface area contributed by atoms with E-state index in [1.165, 1.54) is 0 Å². The summed E-state index contributed by atoms with van der Waals surface area (Å²) in [7, 11) is 0. The lowest BCUT2D eigenvalue weighted by Gasteiger charge is -2.26. The number of hydrogen-bond donors (Lipinski definition) is 0. The van der Waals surface area contributed by atoms with Crippen molar-refractivity contribution in [2.24, 2.45) is 5.92 Å². The van der Waals surface area contributed by atoms with Crippen molar-refractivity contribution in [3.63, 3.8) is 0 Å². The summed E-state index contributed by atoms with van der Waals surface area (Å²) in [6.07, 6.45) is 1.55. The summed E-state index contributed by atoms with van der Waals surface area (Å²) in [4.78, 5) is 15.0. The van der Waals surface area contributed by atoms with E-state index >= 15 is 0 Å². The van der Waals surface area contributed by atoms with Gasteiger partial charge in [0.25, 0.3) is 5.91 Å². The van der Waals surface area contributed by atoms with Crippen LogP contribution in [0.25, 0.3) is 0 Å². The first-order valence-corrected chi connectivity index (χ1v) is 11.9. The highest BCUT2D eigenvalue weighted by Gasteiger charge is 2.34. The molecular weight excluding hydrogens is 465 g/mol. The molecule has 170 valence electrons. The van der Waals surface area contributed by atoms with Crippen LogP contribution in [0.1, 0.15) is 50.5 Å². The fourth-order valence-corrected chi connectivity index (χ4v) is 5.14. The standard InChI is InChI=1S/C28H23Cl2N3O/c1-18-5-8-26(29)24(11-18)13-25(20-6-7-22(16-32)27(30)14-20)23-9-10-33(17-23)28(34)21-4-2-3-19(12-21)15-31/h2-8,11-12,14,23,25H,9-10,13,17H2,1H3/t23-,25?/m0/s1. The molecule has 1 fully saturated rings. The Labute approximate surface area is 210 Å². The van der Waals surface area contributed by atoms with Crippen molar-refractivity contribution in [1.82, 2.24) is 4.90 Å². The molecule has 0 radical (unpaired) electrons. The molecule has 0 aliphatic carbocycles. The Morgan fingerprint density at radius 2 is 1.88 bits per heavy atom. The predicted octanol–water partition coefficient (Wildman–Crippen LogP) is 6.53. The zero-order chi connectivity index (χ0) is 24.2. The summed E-state index contributed by atoms with van der Waals surface area (Å²) < 4.78 is 0. The molecule has 0 bridgehead atoms. The fourth-order valence-electron chi connectivity index (χ4n) is 4.71. The second-order valence-corrected chi connectivity index (χ2v) is 9.56. The van der Waals surface area contributed by atoms with Crippen LogP contribution in [0.3, 0.4) is 0 Å². The van der Waals surface area contributed by atoms with E-state index in [1.807, 2.05) is 36.1 Å². The van der Waals surface area contributed by atoms with E-state index in [0.29, 0.717) is 41.2 Å². The van der Waals surface area contributed by atoms with Gasteiger partial charge in [0.1, 0.15) is 6.07 Å². The average Bonchev–Trinajstić information content (AvgIpc) is 3.34. The number of nitrogens with zero attached hydrogens (tertiary/aromatic N) is 3. The Hall–Kier alpha value is -3.31. The lowest BCUT2D eigenvalue weighted by Crippen LogP contribution is -2.30. The molecule has 4 rings (SSSR count). The van der Waals surface area contributed by atoms with Crippen LogP contribution < -0.4 is 0 Å². The number of benzene rings is 3. The molecule has 2 atom stereocenters. The molecule has 4 nitrogen and oxygen atoms in total. The van der Waals surface area contributed by atoms with Gasteiger partial charge in [-0.1, -0.05) is 53.0 Å². The van der Waals surface area contributed by atoms with Crippen LogP contribution in [0.4, 0.5) is 0 Å². The van der Waals surface area contributed by atoms with E-state index < -0.39 is 0 Å². The summed E-state index contributed by atoms with van der Waals surface area (Å²) in [5, 5.41) is 19.6. The molecule has 34 heavy (non-hydrogen) atoms. The average molecular weight is 488 g/mol. The SMILES string of the molecule is Cc1ccc(Cl)c(CC(c2ccc(C#N)c(Cl)c2)[C@H]2CCN(C(=O)c3cccc(C#N)c3)C2)c1. The van der Waals surface area contributed by atoms with Gasteiger partial charge in [-0.15, -0.1) is 0 Å².